The summed E-state index contributed by atoms with van der Waals surface area (Å²) in [5.41, 5.74) is 1.07. The molecule has 140 valence electrons. The first-order valence-electron chi connectivity index (χ1n) is 8.06. The fourth-order valence-electron chi connectivity index (χ4n) is 2.31. The summed E-state index contributed by atoms with van der Waals surface area (Å²) in [6.07, 6.45) is 0. The zero-order valence-electron chi connectivity index (χ0n) is 14.6. The van der Waals surface area contributed by atoms with E-state index in [1.807, 2.05) is 0 Å². The highest BCUT2D eigenvalue weighted by Crippen LogP contribution is 2.26. The first kappa shape index (κ1) is 18.8. The maximum absolute atomic E-state index is 13.9. The van der Waals surface area contributed by atoms with Crippen molar-refractivity contribution in [1.82, 2.24) is 14.9 Å². The van der Waals surface area contributed by atoms with Gasteiger partial charge in [0.05, 0.1) is 10.8 Å². The molecule has 0 aliphatic carbocycles. The van der Waals surface area contributed by atoms with E-state index in [0.717, 1.165) is 16.4 Å². The standard InChI is InChI=1S/C18H17F2N5OS/c1-10-7-8-12(9-15(10)20)22-17(26)11(2)27-18-24-23-16(25(18)21)13-5-3-4-6-14(13)19/h3-9,11H,21H2,1-2H3,(H,22,26)/t11-/m1/s1. The number of hydrogen-bond donors (Lipinski definition) is 2. The van der Waals surface area contributed by atoms with E-state index in [2.05, 4.69) is 15.5 Å². The Bertz CT molecular complexity index is 992. The van der Waals surface area contributed by atoms with Gasteiger partial charge in [0, 0.05) is 5.69 Å². The van der Waals surface area contributed by atoms with Crippen LogP contribution in [-0.2, 0) is 4.79 Å². The predicted octanol–water partition coefficient (Wildman–Crippen LogP) is 3.36. The van der Waals surface area contributed by atoms with E-state index in [1.165, 1.54) is 12.1 Å². The molecule has 0 saturated heterocycles. The van der Waals surface area contributed by atoms with Crippen LogP contribution in [0.3, 0.4) is 0 Å². The molecule has 27 heavy (non-hydrogen) atoms. The van der Waals surface area contributed by atoms with E-state index in [9.17, 15) is 13.6 Å². The molecule has 0 saturated carbocycles. The Hall–Kier alpha value is -2.94. The van der Waals surface area contributed by atoms with Gasteiger partial charge >= 0.3 is 0 Å². The van der Waals surface area contributed by atoms with Crippen LogP contribution in [0.1, 0.15) is 12.5 Å². The molecule has 0 fully saturated rings. The zero-order chi connectivity index (χ0) is 19.6. The maximum Gasteiger partial charge on any atom is 0.237 e. The highest BCUT2D eigenvalue weighted by atomic mass is 32.2. The lowest BCUT2D eigenvalue weighted by atomic mass is 10.2. The first-order chi connectivity index (χ1) is 12.9. The van der Waals surface area contributed by atoms with Crippen LogP contribution in [-0.4, -0.2) is 26.0 Å². The molecule has 0 aliphatic heterocycles. The van der Waals surface area contributed by atoms with Crippen LogP contribution in [0.4, 0.5) is 14.5 Å². The van der Waals surface area contributed by atoms with Gasteiger partial charge in [-0.25, -0.2) is 13.5 Å². The molecule has 0 aliphatic rings. The fraction of sp³-hybridized carbons (Fsp3) is 0.167. The van der Waals surface area contributed by atoms with E-state index in [-0.39, 0.29) is 22.5 Å². The number of halogens is 2. The van der Waals surface area contributed by atoms with Crippen molar-refractivity contribution in [2.24, 2.45) is 0 Å². The smallest absolute Gasteiger partial charge is 0.237 e. The number of amides is 1. The van der Waals surface area contributed by atoms with Crippen LogP contribution >= 0.6 is 11.8 Å². The number of nitrogens with one attached hydrogen (secondary N) is 1. The van der Waals surface area contributed by atoms with Gasteiger partial charge in [0.25, 0.3) is 0 Å². The van der Waals surface area contributed by atoms with Crippen LogP contribution in [0.15, 0.2) is 47.6 Å². The topological polar surface area (TPSA) is 85.8 Å². The number of nitrogens with zero attached hydrogens (tertiary/aromatic N) is 3. The van der Waals surface area contributed by atoms with Gasteiger partial charge in [0.2, 0.25) is 11.1 Å². The van der Waals surface area contributed by atoms with E-state index in [1.54, 1.807) is 44.2 Å². The largest absolute Gasteiger partial charge is 0.335 e. The van der Waals surface area contributed by atoms with Crippen molar-refractivity contribution in [2.45, 2.75) is 24.3 Å². The third-order valence-corrected chi connectivity index (χ3v) is 4.93. The van der Waals surface area contributed by atoms with Gasteiger partial charge in [-0.05, 0) is 43.7 Å². The minimum Gasteiger partial charge on any atom is -0.335 e. The average molecular weight is 389 g/mol. The normalized spacial score (nSPS) is 12.0. The van der Waals surface area contributed by atoms with Crippen molar-refractivity contribution < 1.29 is 13.6 Å². The Morgan fingerprint density at radius 1 is 1.19 bits per heavy atom. The highest BCUT2D eigenvalue weighted by molar-refractivity contribution is 8.00. The summed E-state index contributed by atoms with van der Waals surface area (Å²) in [4.78, 5) is 12.3. The minimum atomic E-state index is -0.589. The lowest BCUT2D eigenvalue weighted by Gasteiger charge is -2.12. The van der Waals surface area contributed by atoms with Gasteiger partial charge in [-0.2, -0.15) is 0 Å². The zero-order valence-corrected chi connectivity index (χ0v) is 15.4. The second-order valence-electron chi connectivity index (χ2n) is 5.87. The number of nitrogen functional groups attached to an aromatic ring is 1. The Morgan fingerprint density at radius 3 is 2.63 bits per heavy atom. The van der Waals surface area contributed by atoms with E-state index >= 15 is 0 Å². The van der Waals surface area contributed by atoms with Crippen molar-refractivity contribution in [2.75, 3.05) is 11.2 Å². The molecule has 1 amide bonds. The summed E-state index contributed by atoms with van der Waals surface area (Å²) in [6, 6.07) is 10.5. The summed E-state index contributed by atoms with van der Waals surface area (Å²) in [6.45, 7) is 3.29. The average Bonchev–Trinajstić information content (AvgIpc) is 2.99. The summed E-state index contributed by atoms with van der Waals surface area (Å²) < 4.78 is 28.7. The predicted molar refractivity (Wildman–Crippen MR) is 101 cm³/mol. The number of anilines is 1. The molecule has 9 heteroatoms. The van der Waals surface area contributed by atoms with Gasteiger partial charge in [0.1, 0.15) is 11.6 Å². The van der Waals surface area contributed by atoms with Gasteiger partial charge < -0.3 is 11.2 Å². The Morgan fingerprint density at radius 2 is 1.93 bits per heavy atom. The molecular weight excluding hydrogens is 372 g/mol. The molecule has 0 bridgehead atoms. The van der Waals surface area contributed by atoms with E-state index in [0.29, 0.717) is 11.3 Å². The highest BCUT2D eigenvalue weighted by Gasteiger charge is 2.21. The lowest BCUT2D eigenvalue weighted by molar-refractivity contribution is -0.115. The molecule has 3 rings (SSSR count). The molecule has 1 heterocycles. The minimum absolute atomic E-state index is 0.156. The summed E-state index contributed by atoms with van der Waals surface area (Å²) in [5.74, 6) is 4.90. The van der Waals surface area contributed by atoms with E-state index in [4.69, 9.17) is 5.84 Å². The van der Waals surface area contributed by atoms with Crippen LogP contribution in [0.5, 0.6) is 0 Å². The van der Waals surface area contributed by atoms with Gasteiger partial charge in [-0.3, -0.25) is 4.79 Å². The maximum atomic E-state index is 13.9. The monoisotopic (exact) mass is 389 g/mol. The Kier molecular flexibility index (Phi) is 5.41. The number of nitrogens with two attached hydrogens (primary N) is 1. The molecular formula is C18H17F2N5OS. The number of rotatable bonds is 5. The number of aryl methyl sites for hydroxylation is 1. The third-order valence-electron chi connectivity index (χ3n) is 3.87. The van der Waals surface area contributed by atoms with Gasteiger partial charge in [-0.1, -0.05) is 30.0 Å². The lowest BCUT2D eigenvalue weighted by Crippen LogP contribution is -2.23. The molecule has 2 aromatic carbocycles. The number of aromatic nitrogens is 3. The number of benzene rings is 2. The number of carbonyl (C=O) groups excluding carboxylic acids is 1. The molecule has 1 aromatic heterocycles. The summed E-state index contributed by atoms with van der Waals surface area (Å²) in [5, 5.41) is 10.1. The number of hydrogen-bond acceptors (Lipinski definition) is 5. The molecule has 0 radical (unpaired) electrons. The SMILES string of the molecule is Cc1ccc(NC(=O)[C@@H](C)Sc2nnc(-c3ccccc3F)n2N)cc1F. The second-order valence-corrected chi connectivity index (χ2v) is 7.18. The fourth-order valence-corrected chi connectivity index (χ4v) is 3.08. The first-order valence-corrected chi connectivity index (χ1v) is 8.94. The Labute approximate surface area is 158 Å². The molecule has 3 N–H and O–H groups in total. The van der Waals surface area contributed by atoms with Gasteiger partial charge in [-0.15, -0.1) is 10.2 Å². The number of thioether (sulfide) groups is 1. The van der Waals surface area contributed by atoms with E-state index < -0.39 is 16.9 Å². The summed E-state index contributed by atoms with van der Waals surface area (Å²) >= 11 is 1.06. The molecule has 0 spiro atoms. The summed E-state index contributed by atoms with van der Waals surface area (Å²) in [7, 11) is 0. The van der Waals surface area contributed by atoms with Gasteiger partial charge in [0.15, 0.2) is 5.82 Å². The molecule has 0 unspecified atom stereocenters. The van der Waals surface area contributed by atoms with Crippen LogP contribution in [0.2, 0.25) is 0 Å². The van der Waals surface area contributed by atoms with Crippen molar-refractivity contribution >= 4 is 23.4 Å². The molecule has 3 aromatic rings. The third kappa shape index (κ3) is 4.08. The number of carbonyl (C=O) groups is 1. The quantitative estimate of drug-likeness (QED) is 0.516. The molecule has 1 atom stereocenters. The van der Waals surface area contributed by atoms with Crippen LogP contribution in [0, 0.1) is 18.6 Å². The molecule has 6 nitrogen and oxygen atoms in total. The second kappa shape index (κ2) is 7.75. The van der Waals surface area contributed by atoms with Crippen LogP contribution < -0.4 is 11.2 Å². The van der Waals surface area contributed by atoms with Crippen LogP contribution in [0.25, 0.3) is 11.4 Å². The Balaban J connectivity index is 1.72. The van der Waals surface area contributed by atoms with Crippen molar-refractivity contribution in [3.8, 4) is 11.4 Å². The van der Waals surface area contributed by atoms with Crippen molar-refractivity contribution in [3.05, 3.63) is 59.7 Å². The van der Waals surface area contributed by atoms with Crippen molar-refractivity contribution in [1.29, 1.82) is 0 Å². The van der Waals surface area contributed by atoms with Crippen molar-refractivity contribution in [3.63, 3.8) is 0 Å².